The fourth-order valence-corrected chi connectivity index (χ4v) is 4.54. The first-order chi connectivity index (χ1) is 15.5. The summed E-state index contributed by atoms with van der Waals surface area (Å²) in [6.45, 7) is 0.728. The molecule has 5 rings (SSSR count). The Balaban J connectivity index is 1.54. The van der Waals surface area contributed by atoms with E-state index in [1.807, 2.05) is 53.1 Å². The summed E-state index contributed by atoms with van der Waals surface area (Å²) in [5.41, 5.74) is 2.89. The molecule has 1 amide bonds. The minimum Gasteiger partial charge on any atom is -0.497 e. The van der Waals surface area contributed by atoms with E-state index in [-0.39, 0.29) is 24.2 Å². The molecular formula is C25H21ClFN3O2. The molecule has 7 heteroatoms. The highest BCUT2D eigenvalue weighted by Gasteiger charge is 2.35. The number of imidazole rings is 1. The number of carbonyl (C=O) groups excluding carboxylic acids is 1. The third-order valence-corrected chi connectivity index (χ3v) is 6.27. The van der Waals surface area contributed by atoms with Gasteiger partial charge in [0.2, 0.25) is 5.91 Å². The number of ether oxygens (including phenoxy) is 1. The SMILES string of the molecule is COc1cccc(N2C[C@H](c3nc4ccccc4n3Cc3c(F)cccc3Cl)CC2=O)c1. The van der Waals surface area contributed by atoms with Crippen molar-refractivity contribution >= 4 is 34.2 Å². The van der Waals surface area contributed by atoms with Crippen LogP contribution in [0.1, 0.15) is 23.7 Å². The van der Waals surface area contributed by atoms with Crippen LogP contribution in [0, 0.1) is 5.82 Å². The van der Waals surface area contributed by atoms with E-state index in [1.165, 1.54) is 6.07 Å². The number of aromatic nitrogens is 2. The maximum atomic E-state index is 14.6. The predicted molar refractivity (Wildman–Crippen MR) is 123 cm³/mol. The van der Waals surface area contributed by atoms with Crippen LogP contribution >= 0.6 is 11.6 Å². The number of fused-ring (bicyclic) bond motifs is 1. The third-order valence-electron chi connectivity index (χ3n) is 5.92. The number of para-hydroxylation sites is 2. The van der Waals surface area contributed by atoms with Gasteiger partial charge in [-0.3, -0.25) is 4.79 Å². The minimum atomic E-state index is -0.360. The number of carbonyl (C=O) groups is 1. The molecule has 0 spiro atoms. The van der Waals surface area contributed by atoms with Gasteiger partial charge in [-0.05, 0) is 36.4 Å². The van der Waals surface area contributed by atoms with Crippen molar-refractivity contribution in [2.75, 3.05) is 18.6 Å². The van der Waals surface area contributed by atoms with Crippen LogP contribution in [0.5, 0.6) is 5.75 Å². The van der Waals surface area contributed by atoms with Crippen molar-refractivity contribution in [3.63, 3.8) is 0 Å². The molecule has 0 aliphatic carbocycles. The number of methoxy groups -OCH3 is 1. The minimum absolute atomic E-state index is 0.0192. The van der Waals surface area contributed by atoms with Crippen molar-refractivity contribution in [3.05, 3.63) is 89.0 Å². The Labute approximate surface area is 190 Å². The second-order valence-electron chi connectivity index (χ2n) is 7.85. The topological polar surface area (TPSA) is 47.4 Å². The van der Waals surface area contributed by atoms with Crippen LogP contribution in [0.2, 0.25) is 5.02 Å². The monoisotopic (exact) mass is 449 g/mol. The average molecular weight is 450 g/mol. The van der Waals surface area contributed by atoms with Crippen LogP contribution in [0.4, 0.5) is 10.1 Å². The molecular weight excluding hydrogens is 429 g/mol. The summed E-state index contributed by atoms with van der Waals surface area (Å²) >= 11 is 6.32. The summed E-state index contributed by atoms with van der Waals surface area (Å²) in [6.07, 6.45) is 0.325. The number of amides is 1. The van der Waals surface area contributed by atoms with E-state index in [0.29, 0.717) is 29.3 Å². The molecule has 5 nitrogen and oxygen atoms in total. The molecule has 0 N–H and O–H groups in total. The van der Waals surface area contributed by atoms with Gasteiger partial charge in [0.25, 0.3) is 0 Å². The van der Waals surface area contributed by atoms with Gasteiger partial charge in [-0.2, -0.15) is 0 Å². The number of benzene rings is 3. The van der Waals surface area contributed by atoms with Gasteiger partial charge in [-0.25, -0.2) is 9.37 Å². The molecule has 1 aliphatic rings. The zero-order valence-corrected chi connectivity index (χ0v) is 18.2. The molecule has 0 bridgehead atoms. The smallest absolute Gasteiger partial charge is 0.227 e. The first kappa shape index (κ1) is 20.5. The van der Waals surface area contributed by atoms with Crippen LogP contribution in [0.25, 0.3) is 11.0 Å². The van der Waals surface area contributed by atoms with Gasteiger partial charge in [0.15, 0.2) is 0 Å². The molecule has 0 saturated carbocycles. The molecule has 1 fully saturated rings. The quantitative estimate of drug-likeness (QED) is 0.409. The molecule has 3 aromatic carbocycles. The van der Waals surface area contributed by atoms with Crippen molar-refractivity contribution in [2.45, 2.75) is 18.9 Å². The van der Waals surface area contributed by atoms with Crippen LogP contribution in [0.3, 0.4) is 0 Å². The lowest BCUT2D eigenvalue weighted by Crippen LogP contribution is -2.24. The normalized spacial score (nSPS) is 16.2. The van der Waals surface area contributed by atoms with E-state index >= 15 is 0 Å². The second kappa shape index (κ2) is 8.28. The molecule has 1 atom stereocenters. The van der Waals surface area contributed by atoms with Gasteiger partial charge >= 0.3 is 0 Å². The van der Waals surface area contributed by atoms with Crippen LogP contribution in [-0.2, 0) is 11.3 Å². The number of halogens is 2. The Morgan fingerprint density at radius 3 is 2.75 bits per heavy atom. The number of anilines is 1. The molecule has 1 aliphatic heterocycles. The van der Waals surface area contributed by atoms with Crippen molar-refractivity contribution in [3.8, 4) is 5.75 Å². The van der Waals surface area contributed by atoms with E-state index < -0.39 is 0 Å². The highest BCUT2D eigenvalue weighted by molar-refractivity contribution is 6.31. The molecule has 0 radical (unpaired) electrons. The van der Waals surface area contributed by atoms with E-state index in [0.717, 1.165) is 22.5 Å². The van der Waals surface area contributed by atoms with E-state index in [2.05, 4.69) is 0 Å². The zero-order valence-electron chi connectivity index (χ0n) is 17.5. The van der Waals surface area contributed by atoms with Crippen molar-refractivity contribution in [2.24, 2.45) is 0 Å². The van der Waals surface area contributed by atoms with Gasteiger partial charge in [0.1, 0.15) is 17.4 Å². The van der Waals surface area contributed by atoms with Gasteiger partial charge < -0.3 is 14.2 Å². The van der Waals surface area contributed by atoms with Gasteiger partial charge in [-0.1, -0.05) is 35.9 Å². The third kappa shape index (κ3) is 3.60. The Morgan fingerprint density at radius 1 is 1.12 bits per heavy atom. The Bertz CT molecular complexity index is 1300. The summed E-state index contributed by atoms with van der Waals surface area (Å²) in [5, 5.41) is 0.370. The first-order valence-corrected chi connectivity index (χ1v) is 10.8. The first-order valence-electron chi connectivity index (χ1n) is 10.4. The molecule has 32 heavy (non-hydrogen) atoms. The lowest BCUT2D eigenvalue weighted by molar-refractivity contribution is -0.117. The van der Waals surface area contributed by atoms with Gasteiger partial charge in [-0.15, -0.1) is 0 Å². The van der Waals surface area contributed by atoms with Crippen LogP contribution in [-0.4, -0.2) is 29.1 Å². The average Bonchev–Trinajstić information content (AvgIpc) is 3.37. The molecule has 162 valence electrons. The lowest BCUT2D eigenvalue weighted by Gasteiger charge is -2.18. The molecule has 1 aromatic heterocycles. The number of hydrogen-bond acceptors (Lipinski definition) is 3. The van der Waals surface area contributed by atoms with E-state index in [1.54, 1.807) is 24.1 Å². The van der Waals surface area contributed by atoms with Crippen molar-refractivity contribution in [1.82, 2.24) is 9.55 Å². The summed E-state index contributed by atoms with van der Waals surface area (Å²) in [4.78, 5) is 19.5. The van der Waals surface area contributed by atoms with Crippen LogP contribution < -0.4 is 9.64 Å². The molecule has 2 heterocycles. The fourth-order valence-electron chi connectivity index (χ4n) is 4.32. The molecule has 4 aromatic rings. The van der Waals surface area contributed by atoms with Crippen molar-refractivity contribution < 1.29 is 13.9 Å². The second-order valence-corrected chi connectivity index (χ2v) is 8.26. The van der Waals surface area contributed by atoms with Crippen LogP contribution in [0.15, 0.2) is 66.7 Å². The van der Waals surface area contributed by atoms with Gasteiger partial charge in [0.05, 0.1) is 24.7 Å². The van der Waals surface area contributed by atoms with Gasteiger partial charge in [0, 0.05) is 41.2 Å². The van der Waals surface area contributed by atoms with E-state index in [9.17, 15) is 9.18 Å². The summed E-state index contributed by atoms with van der Waals surface area (Å²) in [6, 6.07) is 19.9. The number of nitrogens with zero attached hydrogens (tertiary/aromatic N) is 3. The van der Waals surface area contributed by atoms with E-state index in [4.69, 9.17) is 21.3 Å². The fraction of sp³-hybridized carbons (Fsp3) is 0.200. The zero-order chi connectivity index (χ0) is 22.2. The molecule has 1 saturated heterocycles. The Kier molecular flexibility index (Phi) is 5.31. The standard InChI is InChI=1S/C25H21ClFN3O2/c1-32-18-7-4-6-17(13-18)29-14-16(12-24(29)31)25-28-22-10-2-3-11-23(22)30(25)15-19-20(26)8-5-9-21(19)27/h2-11,13,16H,12,14-15H2,1H3/t16-/m1/s1. The maximum absolute atomic E-state index is 14.6. The molecule has 0 unspecified atom stereocenters. The highest BCUT2D eigenvalue weighted by Crippen LogP contribution is 2.35. The largest absolute Gasteiger partial charge is 0.497 e. The Hall–Kier alpha value is -3.38. The van der Waals surface area contributed by atoms with Crippen molar-refractivity contribution in [1.29, 1.82) is 0 Å². The highest BCUT2D eigenvalue weighted by atomic mass is 35.5. The maximum Gasteiger partial charge on any atom is 0.227 e. The summed E-state index contributed by atoms with van der Waals surface area (Å²) in [7, 11) is 1.60. The number of rotatable bonds is 5. The Morgan fingerprint density at radius 2 is 1.94 bits per heavy atom. The predicted octanol–water partition coefficient (Wildman–Crippen LogP) is 5.41. The summed E-state index contributed by atoms with van der Waals surface area (Å²) in [5.74, 6) is 0.976. The summed E-state index contributed by atoms with van der Waals surface area (Å²) < 4.78 is 21.9. The number of hydrogen-bond donors (Lipinski definition) is 0. The lowest BCUT2D eigenvalue weighted by atomic mass is 10.1.